The molecule has 0 amide bonds. The predicted octanol–water partition coefficient (Wildman–Crippen LogP) is -1.35. The van der Waals surface area contributed by atoms with Crippen LogP contribution < -0.4 is 0 Å². The van der Waals surface area contributed by atoms with E-state index in [1.165, 1.54) is 0 Å². The first kappa shape index (κ1) is 10.8. The molecule has 0 saturated carbocycles. The molecule has 2 atom stereocenters. The zero-order valence-corrected chi connectivity index (χ0v) is 7.06. The summed E-state index contributed by atoms with van der Waals surface area (Å²) in [5, 5.41) is 26.5. The molecule has 0 aliphatic heterocycles. The predicted molar refractivity (Wildman–Crippen MR) is 42.3 cm³/mol. The van der Waals surface area contributed by atoms with Crippen LogP contribution in [0.3, 0.4) is 0 Å². The molecule has 0 aliphatic carbocycles. The first-order chi connectivity index (χ1) is 5.07. The van der Waals surface area contributed by atoms with Gasteiger partial charge < -0.3 is 20.2 Å². The zero-order valence-electron chi connectivity index (χ0n) is 7.06. The number of nitrogens with zero attached hydrogens (tertiary/aromatic N) is 1. The molecule has 0 radical (unpaired) electrons. The van der Waals surface area contributed by atoms with Crippen LogP contribution in [-0.4, -0.2) is 59.7 Å². The van der Waals surface area contributed by atoms with Crippen LogP contribution in [0.4, 0.5) is 0 Å². The summed E-state index contributed by atoms with van der Waals surface area (Å²) in [6.07, 6.45) is -1.34. The Labute approximate surface area is 67.1 Å². The standard InChI is InChI=1S/C7H17NO3/c1-8(2)4-3-6(10)7(11)5-9/h6-7,9-11H,3-5H2,1-2H3/t6-,7+/m0/s1. The van der Waals surface area contributed by atoms with Crippen molar-refractivity contribution < 1.29 is 15.3 Å². The van der Waals surface area contributed by atoms with Gasteiger partial charge >= 0.3 is 0 Å². The van der Waals surface area contributed by atoms with E-state index < -0.39 is 12.2 Å². The molecule has 11 heavy (non-hydrogen) atoms. The topological polar surface area (TPSA) is 63.9 Å². The van der Waals surface area contributed by atoms with E-state index in [2.05, 4.69) is 0 Å². The Kier molecular flexibility index (Phi) is 5.41. The van der Waals surface area contributed by atoms with Crippen LogP contribution in [0.15, 0.2) is 0 Å². The average molecular weight is 163 g/mol. The lowest BCUT2D eigenvalue weighted by Gasteiger charge is -2.17. The second-order valence-electron chi connectivity index (χ2n) is 2.91. The summed E-state index contributed by atoms with van der Waals surface area (Å²) < 4.78 is 0. The smallest absolute Gasteiger partial charge is 0.103 e. The SMILES string of the molecule is CN(C)CC[C@H](O)[C@H](O)CO. The summed E-state index contributed by atoms with van der Waals surface area (Å²) in [5.74, 6) is 0. The molecule has 0 saturated heterocycles. The normalized spacial score (nSPS) is 16.9. The van der Waals surface area contributed by atoms with E-state index in [1.807, 2.05) is 19.0 Å². The van der Waals surface area contributed by atoms with Gasteiger partial charge in [-0.1, -0.05) is 0 Å². The fourth-order valence-corrected chi connectivity index (χ4v) is 0.705. The fourth-order valence-electron chi connectivity index (χ4n) is 0.705. The molecule has 0 bridgehead atoms. The van der Waals surface area contributed by atoms with Crippen LogP contribution in [-0.2, 0) is 0 Å². The lowest BCUT2D eigenvalue weighted by Crippen LogP contribution is -2.32. The summed E-state index contributed by atoms with van der Waals surface area (Å²) in [6, 6.07) is 0. The molecule has 4 heteroatoms. The largest absolute Gasteiger partial charge is 0.394 e. The number of rotatable bonds is 5. The molecule has 0 unspecified atom stereocenters. The summed E-state index contributed by atoms with van der Waals surface area (Å²) in [6.45, 7) is 0.326. The van der Waals surface area contributed by atoms with E-state index in [0.29, 0.717) is 13.0 Å². The van der Waals surface area contributed by atoms with Gasteiger partial charge in [-0.05, 0) is 20.5 Å². The van der Waals surface area contributed by atoms with Gasteiger partial charge in [0, 0.05) is 6.54 Å². The van der Waals surface area contributed by atoms with Crippen molar-refractivity contribution in [3.8, 4) is 0 Å². The zero-order chi connectivity index (χ0) is 8.85. The quantitative estimate of drug-likeness (QED) is 0.469. The Morgan fingerprint density at radius 3 is 2.09 bits per heavy atom. The van der Waals surface area contributed by atoms with Crippen LogP contribution in [0.5, 0.6) is 0 Å². The maximum atomic E-state index is 9.13. The van der Waals surface area contributed by atoms with E-state index in [1.54, 1.807) is 0 Å². The van der Waals surface area contributed by atoms with Crippen LogP contribution in [0.25, 0.3) is 0 Å². The molecule has 0 heterocycles. The van der Waals surface area contributed by atoms with E-state index in [9.17, 15) is 0 Å². The Balaban J connectivity index is 3.43. The molecule has 0 aromatic heterocycles. The van der Waals surface area contributed by atoms with E-state index >= 15 is 0 Å². The van der Waals surface area contributed by atoms with Gasteiger partial charge in [-0.15, -0.1) is 0 Å². The molecule has 0 aromatic carbocycles. The molecular weight excluding hydrogens is 146 g/mol. The Morgan fingerprint density at radius 1 is 1.18 bits per heavy atom. The minimum Gasteiger partial charge on any atom is -0.394 e. The van der Waals surface area contributed by atoms with Crippen LogP contribution in [0, 0.1) is 0 Å². The first-order valence-corrected chi connectivity index (χ1v) is 3.69. The van der Waals surface area contributed by atoms with E-state index in [-0.39, 0.29) is 6.61 Å². The van der Waals surface area contributed by atoms with Gasteiger partial charge in [0.2, 0.25) is 0 Å². The lowest BCUT2D eigenvalue weighted by atomic mass is 10.1. The number of hydrogen-bond acceptors (Lipinski definition) is 4. The van der Waals surface area contributed by atoms with Gasteiger partial charge in [0.25, 0.3) is 0 Å². The third kappa shape index (κ3) is 5.15. The fraction of sp³-hybridized carbons (Fsp3) is 1.00. The summed E-state index contributed by atoms with van der Waals surface area (Å²) in [5.41, 5.74) is 0. The molecule has 3 N–H and O–H groups in total. The van der Waals surface area contributed by atoms with Crippen molar-refractivity contribution in [3.63, 3.8) is 0 Å². The second-order valence-corrected chi connectivity index (χ2v) is 2.91. The molecule has 68 valence electrons. The van der Waals surface area contributed by atoms with Crippen LogP contribution >= 0.6 is 0 Å². The van der Waals surface area contributed by atoms with Gasteiger partial charge in [-0.25, -0.2) is 0 Å². The third-order valence-corrected chi connectivity index (χ3v) is 1.50. The summed E-state index contributed by atoms with van der Waals surface area (Å²) in [7, 11) is 3.77. The van der Waals surface area contributed by atoms with Crippen molar-refractivity contribution in [3.05, 3.63) is 0 Å². The first-order valence-electron chi connectivity index (χ1n) is 3.69. The lowest BCUT2D eigenvalue weighted by molar-refractivity contribution is -0.0198. The van der Waals surface area contributed by atoms with Crippen molar-refractivity contribution in [1.82, 2.24) is 4.90 Å². The van der Waals surface area contributed by atoms with Crippen LogP contribution in [0.2, 0.25) is 0 Å². The molecular formula is C7H17NO3. The van der Waals surface area contributed by atoms with Crippen molar-refractivity contribution >= 4 is 0 Å². The van der Waals surface area contributed by atoms with Gasteiger partial charge in [0.05, 0.1) is 12.7 Å². The summed E-state index contributed by atoms with van der Waals surface area (Å²) in [4.78, 5) is 1.91. The minimum atomic E-state index is -1.00. The third-order valence-electron chi connectivity index (χ3n) is 1.50. The van der Waals surface area contributed by atoms with Gasteiger partial charge in [0.1, 0.15) is 6.10 Å². The molecule has 0 fully saturated rings. The summed E-state index contributed by atoms with van der Waals surface area (Å²) >= 11 is 0. The van der Waals surface area contributed by atoms with Crippen molar-refractivity contribution in [2.24, 2.45) is 0 Å². The highest BCUT2D eigenvalue weighted by Gasteiger charge is 2.14. The van der Waals surface area contributed by atoms with Gasteiger partial charge in [0.15, 0.2) is 0 Å². The Morgan fingerprint density at radius 2 is 1.73 bits per heavy atom. The highest BCUT2D eigenvalue weighted by atomic mass is 16.4. The highest BCUT2D eigenvalue weighted by Crippen LogP contribution is 1.98. The Hall–Kier alpha value is -0.160. The van der Waals surface area contributed by atoms with E-state index in [0.717, 1.165) is 0 Å². The van der Waals surface area contributed by atoms with Gasteiger partial charge in [-0.2, -0.15) is 0 Å². The Bertz CT molecular complexity index is 97.7. The molecule has 0 rings (SSSR count). The molecule has 0 aliphatic rings. The number of aliphatic hydroxyl groups excluding tert-OH is 3. The van der Waals surface area contributed by atoms with Crippen molar-refractivity contribution in [2.45, 2.75) is 18.6 Å². The molecule has 0 aromatic rings. The number of hydrogen-bond donors (Lipinski definition) is 3. The molecule has 0 spiro atoms. The maximum absolute atomic E-state index is 9.13. The monoisotopic (exact) mass is 163 g/mol. The van der Waals surface area contributed by atoms with Crippen molar-refractivity contribution in [2.75, 3.05) is 27.2 Å². The maximum Gasteiger partial charge on any atom is 0.103 e. The van der Waals surface area contributed by atoms with Crippen LogP contribution in [0.1, 0.15) is 6.42 Å². The minimum absolute atomic E-state index is 0.380. The van der Waals surface area contributed by atoms with E-state index in [4.69, 9.17) is 15.3 Å². The highest BCUT2D eigenvalue weighted by molar-refractivity contribution is 4.66. The average Bonchev–Trinajstić information content (AvgIpc) is 1.98. The number of aliphatic hydroxyl groups is 3. The second kappa shape index (κ2) is 5.49. The van der Waals surface area contributed by atoms with Gasteiger partial charge in [-0.3, -0.25) is 0 Å². The van der Waals surface area contributed by atoms with Crippen molar-refractivity contribution in [1.29, 1.82) is 0 Å². The molecule has 4 nitrogen and oxygen atoms in total.